The van der Waals surface area contributed by atoms with E-state index in [9.17, 15) is 0 Å². The van der Waals surface area contributed by atoms with Crippen LogP contribution in [0.5, 0.6) is 0 Å². The van der Waals surface area contributed by atoms with E-state index in [1.165, 1.54) is 11.3 Å². The van der Waals surface area contributed by atoms with Gasteiger partial charge >= 0.3 is 0 Å². The number of halogens is 2. The van der Waals surface area contributed by atoms with Crippen molar-refractivity contribution < 1.29 is 0 Å². The van der Waals surface area contributed by atoms with Gasteiger partial charge in [-0.05, 0) is 19.3 Å². The van der Waals surface area contributed by atoms with Gasteiger partial charge in [-0.2, -0.15) is 0 Å². The number of hydrogen-bond donors (Lipinski definition) is 2. The second-order valence-electron chi connectivity index (χ2n) is 2.86. The van der Waals surface area contributed by atoms with Gasteiger partial charge in [0, 0.05) is 10.9 Å². The largest absolute Gasteiger partial charge is 0.375 e. The van der Waals surface area contributed by atoms with Crippen molar-refractivity contribution in [1.29, 1.82) is 0 Å². The number of aromatic nitrogens is 1. The third kappa shape index (κ3) is 2.47. The lowest BCUT2D eigenvalue weighted by molar-refractivity contribution is 0.564. The standard InChI is InChI=1S/C7H11N3S.2ClH/c8-4-2-1-3-5-6(4)10-7(9)11-5;;/h4H,1-3,8H2,(H2,9,10);2*1H. The number of hydrogen-bond acceptors (Lipinski definition) is 4. The summed E-state index contributed by atoms with van der Waals surface area (Å²) in [5.74, 6) is 0. The van der Waals surface area contributed by atoms with Crippen LogP contribution in [0.25, 0.3) is 0 Å². The van der Waals surface area contributed by atoms with E-state index in [-0.39, 0.29) is 30.9 Å². The Kier molecular flexibility index (Phi) is 4.99. The Morgan fingerprint density at radius 1 is 1.38 bits per heavy atom. The monoisotopic (exact) mass is 241 g/mol. The second kappa shape index (κ2) is 5.00. The summed E-state index contributed by atoms with van der Waals surface area (Å²) in [6.07, 6.45) is 3.34. The third-order valence-corrected chi connectivity index (χ3v) is 2.97. The van der Waals surface area contributed by atoms with E-state index in [1.54, 1.807) is 11.3 Å². The molecule has 1 aromatic rings. The molecule has 0 bridgehead atoms. The molecule has 76 valence electrons. The lowest BCUT2D eigenvalue weighted by Gasteiger charge is -2.15. The van der Waals surface area contributed by atoms with Gasteiger partial charge in [-0.25, -0.2) is 4.98 Å². The molecule has 3 nitrogen and oxygen atoms in total. The van der Waals surface area contributed by atoms with Crippen LogP contribution in [0.2, 0.25) is 0 Å². The fourth-order valence-corrected chi connectivity index (χ4v) is 2.41. The summed E-state index contributed by atoms with van der Waals surface area (Å²) < 4.78 is 0. The molecule has 0 aliphatic heterocycles. The average Bonchev–Trinajstić information content (AvgIpc) is 2.31. The summed E-state index contributed by atoms with van der Waals surface area (Å²) in [6, 6.07) is 0.132. The number of rotatable bonds is 0. The molecule has 2 rings (SSSR count). The lowest BCUT2D eigenvalue weighted by Crippen LogP contribution is -2.16. The SMILES string of the molecule is Cl.Cl.Nc1nc2c(s1)CCCC2N. The van der Waals surface area contributed by atoms with E-state index in [0.29, 0.717) is 5.13 Å². The summed E-state index contributed by atoms with van der Waals surface area (Å²) >= 11 is 1.58. The molecule has 1 atom stereocenters. The molecule has 0 aromatic carbocycles. The van der Waals surface area contributed by atoms with Gasteiger partial charge in [0.1, 0.15) is 0 Å². The van der Waals surface area contributed by atoms with Crippen molar-refractivity contribution in [2.45, 2.75) is 25.3 Å². The topological polar surface area (TPSA) is 64.9 Å². The number of thiazole rings is 1. The van der Waals surface area contributed by atoms with E-state index >= 15 is 0 Å². The van der Waals surface area contributed by atoms with Crippen molar-refractivity contribution in [3.8, 4) is 0 Å². The van der Waals surface area contributed by atoms with Gasteiger partial charge in [0.05, 0.1) is 5.69 Å². The highest BCUT2D eigenvalue weighted by Crippen LogP contribution is 2.32. The van der Waals surface area contributed by atoms with Crippen LogP contribution in [0.1, 0.15) is 29.5 Å². The summed E-state index contributed by atoms with van der Waals surface area (Å²) in [5, 5.41) is 0.660. The Hall–Kier alpha value is -0.0300. The van der Waals surface area contributed by atoms with Crippen molar-refractivity contribution in [1.82, 2.24) is 4.98 Å². The highest BCUT2D eigenvalue weighted by atomic mass is 35.5. The number of nitrogens with two attached hydrogens (primary N) is 2. The zero-order valence-electron chi connectivity index (χ0n) is 7.03. The minimum absolute atomic E-state index is 0. The molecule has 1 heterocycles. The summed E-state index contributed by atoms with van der Waals surface area (Å²) in [5.41, 5.74) is 12.5. The molecule has 0 amide bonds. The molecular formula is C7H13Cl2N3S. The highest BCUT2D eigenvalue weighted by Gasteiger charge is 2.20. The quantitative estimate of drug-likeness (QED) is 0.730. The van der Waals surface area contributed by atoms with Gasteiger partial charge in [-0.1, -0.05) is 0 Å². The van der Waals surface area contributed by atoms with Gasteiger partial charge in [-0.15, -0.1) is 36.2 Å². The van der Waals surface area contributed by atoms with E-state index in [1.807, 2.05) is 0 Å². The fraction of sp³-hybridized carbons (Fsp3) is 0.571. The van der Waals surface area contributed by atoms with Crippen LogP contribution in [0.15, 0.2) is 0 Å². The van der Waals surface area contributed by atoms with Crippen LogP contribution in [0.3, 0.4) is 0 Å². The average molecular weight is 242 g/mol. The molecule has 1 unspecified atom stereocenters. The summed E-state index contributed by atoms with van der Waals surface area (Å²) in [4.78, 5) is 5.50. The Balaban J connectivity index is 0.000000720. The number of nitrogen functional groups attached to an aromatic ring is 1. The van der Waals surface area contributed by atoms with Crippen molar-refractivity contribution in [3.63, 3.8) is 0 Å². The first-order valence-electron chi connectivity index (χ1n) is 3.78. The Bertz CT molecular complexity index is 277. The zero-order chi connectivity index (χ0) is 7.84. The molecule has 0 radical (unpaired) electrons. The Morgan fingerprint density at radius 3 is 2.69 bits per heavy atom. The van der Waals surface area contributed by atoms with Crippen molar-refractivity contribution in [3.05, 3.63) is 10.6 Å². The van der Waals surface area contributed by atoms with Crippen molar-refractivity contribution >= 4 is 41.3 Å². The van der Waals surface area contributed by atoms with E-state index < -0.39 is 0 Å². The second-order valence-corrected chi connectivity index (χ2v) is 3.97. The fourth-order valence-electron chi connectivity index (χ4n) is 1.47. The molecular weight excluding hydrogens is 229 g/mol. The molecule has 4 N–H and O–H groups in total. The van der Waals surface area contributed by atoms with Crippen molar-refractivity contribution in [2.24, 2.45) is 5.73 Å². The predicted octanol–water partition coefficient (Wildman–Crippen LogP) is 1.91. The molecule has 0 spiro atoms. The number of aryl methyl sites for hydroxylation is 1. The normalized spacial score (nSPS) is 19.6. The molecule has 1 aliphatic carbocycles. The first-order chi connectivity index (χ1) is 5.27. The molecule has 6 heteroatoms. The molecule has 1 aromatic heterocycles. The van der Waals surface area contributed by atoms with Crippen LogP contribution in [0, 0.1) is 0 Å². The maximum atomic E-state index is 5.85. The molecule has 0 fully saturated rings. The van der Waals surface area contributed by atoms with Crippen molar-refractivity contribution in [2.75, 3.05) is 5.73 Å². The van der Waals surface area contributed by atoms with Crippen LogP contribution >= 0.6 is 36.2 Å². The smallest absolute Gasteiger partial charge is 0.180 e. The van der Waals surface area contributed by atoms with E-state index in [4.69, 9.17) is 11.5 Å². The molecule has 13 heavy (non-hydrogen) atoms. The highest BCUT2D eigenvalue weighted by molar-refractivity contribution is 7.15. The first-order valence-corrected chi connectivity index (χ1v) is 4.59. The lowest BCUT2D eigenvalue weighted by atomic mass is 9.99. The summed E-state index contributed by atoms with van der Waals surface area (Å²) in [6.45, 7) is 0. The van der Waals surface area contributed by atoms with Crippen LogP contribution in [-0.2, 0) is 6.42 Å². The molecule has 0 saturated heterocycles. The Labute approximate surface area is 93.7 Å². The van der Waals surface area contributed by atoms with Gasteiger partial charge in [0.2, 0.25) is 0 Å². The van der Waals surface area contributed by atoms with Gasteiger partial charge in [0.25, 0.3) is 0 Å². The molecule has 1 aliphatic rings. The number of anilines is 1. The number of nitrogens with zero attached hydrogens (tertiary/aromatic N) is 1. The van der Waals surface area contributed by atoms with Crippen LogP contribution in [-0.4, -0.2) is 4.98 Å². The summed E-state index contributed by atoms with van der Waals surface area (Å²) in [7, 11) is 0. The maximum Gasteiger partial charge on any atom is 0.180 e. The number of fused-ring (bicyclic) bond motifs is 1. The van der Waals surface area contributed by atoms with Gasteiger partial charge in [-0.3, -0.25) is 0 Å². The van der Waals surface area contributed by atoms with E-state index in [0.717, 1.165) is 18.5 Å². The first kappa shape index (κ1) is 13.0. The van der Waals surface area contributed by atoms with Crippen LogP contribution in [0.4, 0.5) is 5.13 Å². The minimum atomic E-state index is 0. The van der Waals surface area contributed by atoms with Gasteiger partial charge < -0.3 is 11.5 Å². The van der Waals surface area contributed by atoms with E-state index in [2.05, 4.69) is 4.98 Å². The molecule has 0 saturated carbocycles. The van der Waals surface area contributed by atoms with Crippen LogP contribution < -0.4 is 11.5 Å². The zero-order valence-corrected chi connectivity index (χ0v) is 9.47. The van der Waals surface area contributed by atoms with Gasteiger partial charge in [0.15, 0.2) is 5.13 Å². The predicted molar refractivity (Wildman–Crippen MR) is 60.9 cm³/mol. The third-order valence-electron chi connectivity index (χ3n) is 2.01. The Morgan fingerprint density at radius 2 is 2.08 bits per heavy atom. The minimum Gasteiger partial charge on any atom is -0.375 e. The maximum absolute atomic E-state index is 5.85.